The van der Waals surface area contributed by atoms with Crippen molar-refractivity contribution in [1.29, 1.82) is 0 Å². The molecule has 1 aromatic rings. The third kappa shape index (κ3) is 4.05. The standard InChI is InChI=1S/C16H24N2O2/c1-16(20)9-11-18(12-10-16)15(19)8-7-14(17)13-5-3-2-4-6-13/h2-6,14,20H,7-12,17H2,1H3. The summed E-state index contributed by atoms with van der Waals surface area (Å²) in [6.07, 6.45) is 2.45. The van der Waals surface area contributed by atoms with Gasteiger partial charge < -0.3 is 15.7 Å². The normalized spacial score (nSPS) is 19.6. The van der Waals surface area contributed by atoms with Gasteiger partial charge in [0.05, 0.1) is 5.60 Å². The number of rotatable bonds is 4. The predicted molar refractivity (Wildman–Crippen MR) is 79.0 cm³/mol. The number of piperidine rings is 1. The number of carbonyl (C=O) groups is 1. The number of benzene rings is 1. The predicted octanol–water partition coefficient (Wildman–Crippen LogP) is 1.84. The van der Waals surface area contributed by atoms with Crippen molar-refractivity contribution >= 4 is 5.91 Å². The first kappa shape index (κ1) is 15.0. The Morgan fingerprint density at radius 2 is 1.95 bits per heavy atom. The molecule has 3 N–H and O–H groups in total. The number of nitrogens with two attached hydrogens (primary N) is 1. The quantitative estimate of drug-likeness (QED) is 0.882. The Labute approximate surface area is 120 Å². The maximum absolute atomic E-state index is 12.1. The van der Waals surface area contributed by atoms with E-state index in [1.54, 1.807) is 0 Å². The van der Waals surface area contributed by atoms with Crippen molar-refractivity contribution in [2.75, 3.05) is 13.1 Å². The molecule has 1 aromatic carbocycles. The highest BCUT2D eigenvalue weighted by atomic mass is 16.3. The van der Waals surface area contributed by atoms with Gasteiger partial charge in [0, 0.05) is 25.6 Å². The second-order valence-corrected chi connectivity index (χ2v) is 5.93. The number of likely N-dealkylation sites (tertiary alicyclic amines) is 1. The number of nitrogens with zero attached hydrogens (tertiary/aromatic N) is 1. The van der Waals surface area contributed by atoms with Crippen LogP contribution in [0, 0.1) is 0 Å². The van der Waals surface area contributed by atoms with Gasteiger partial charge in [0.15, 0.2) is 0 Å². The molecule has 0 bridgehead atoms. The van der Waals surface area contributed by atoms with E-state index >= 15 is 0 Å². The Hall–Kier alpha value is -1.39. The van der Waals surface area contributed by atoms with Crippen LogP contribution in [-0.2, 0) is 4.79 Å². The molecule has 20 heavy (non-hydrogen) atoms. The summed E-state index contributed by atoms with van der Waals surface area (Å²) in [6, 6.07) is 9.78. The summed E-state index contributed by atoms with van der Waals surface area (Å²) in [5.41, 5.74) is 6.56. The molecular formula is C16H24N2O2. The minimum absolute atomic E-state index is 0.0898. The van der Waals surface area contributed by atoms with E-state index in [0.717, 1.165) is 5.56 Å². The van der Waals surface area contributed by atoms with Crippen molar-refractivity contribution in [3.05, 3.63) is 35.9 Å². The lowest BCUT2D eigenvalue weighted by atomic mass is 9.93. The summed E-state index contributed by atoms with van der Waals surface area (Å²) < 4.78 is 0. The maximum Gasteiger partial charge on any atom is 0.222 e. The zero-order valence-electron chi connectivity index (χ0n) is 12.1. The molecule has 1 aliphatic rings. The molecule has 4 nitrogen and oxygen atoms in total. The molecule has 1 saturated heterocycles. The van der Waals surface area contributed by atoms with Crippen molar-refractivity contribution < 1.29 is 9.90 Å². The summed E-state index contributed by atoms with van der Waals surface area (Å²) in [6.45, 7) is 3.12. The second-order valence-electron chi connectivity index (χ2n) is 5.93. The third-order valence-electron chi connectivity index (χ3n) is 4.09. The van der Waals surface area contributed by atoms with Crippen molar-refractivity contribution in [3.8, 4) is 0 Å². The van der Waals surface area contributed by atoms with Crippen molar-refractivity contribution in [2.45, 2.75) is 44.2 Å². The van der Waals surface area contributed by atoms with Crippen molar-refractivity contribution in [2.24, 2.45) is 5.73 Å². The smallest absolute Gasteiger partial charge is 0.222 e. The number of hydrogen-bond acceptors (Lipinski definition) is 3. The summed E-state index contributed by atoms with van der Waals surface area (Å²) in [5.74, 6) is 0.145. The highest BCUT2D eigenvalue weighted by Crippen LogP contribution is 2.22. The van der Waals surface area contributed by atoms with Crippen LogP contribution < -0.4 is 5.73 Å². The molecule has 110 valence electrons. The largest absolute Gasteiger partial charge is 0.390 e. The molecule has 1 amide bonds. The first-order valence-corrected chi connectivity index (χ1v) is 7.29. The Kier molecular flexibility index (Phi) is 4.78. The number of aliphatic hydroxyl groups is 1. The van der Waals surface area contributed by atoms with Gasteiger partial charge in [0.25, 0.3) is 0 Å². The van der Waals surface area contributed by atoms with Crippen molar-refractivity contribution in [3.63, 3.8) is 0 Å². The van der Waals surface area contributed by atoms with Crippen LogP contribution in [0.2, 0.25) is 0 Å². The number of amides is 1. The van der Waals surface area contributed by atoms with Gasteiger partial charge in [-0.2, -0.15) is 0 Å². The van der Waals surface area contributed by atoms with Crippen LogP contribution in [0.25, 0.3) is 0 Å². The van der Waals surface area contributed by atoms with E-state index in [1.165, 1.54) is 0 Å². The number of carbonyl (C=O) groups excluding carboxylic acids is 1. The van der Waals surface area contributed by atoms with Crippen LogP contribution >= 0.6 is 0 Å². The minimum Gasteiger partial charge on any atom is -0.390 e. The number of hydrogen-bond donors (Lipinski definition) is 2. The van der Waals surface area contributed by atoms with E-state index in [9.17, 15) is 9.90 Å². The fraction of sp³-hybridized carbons (Fsp3) is 0.562. The summed E-state index contributed by atoms with van der Waals surface area (Å²) >= 11 is 0. The van der Waals surface area contributed by atoms with Gasteiger partial charge in [0.1, 0.15) is 0 Å². The van der Waals surface area contributed by atoms with E-state index in [-0.39, 0.29) is 11.9 Å². The van der Waals surface area contributed by atoms with Crippen molar-refractivity contribution in [1.82, 2.24) is 4.90 Å². The van der Waals surface area contributed by atoms with Crippen LogP contribution in [0.5, 0.6) is 0 Å². The lowest BCUT2D eigenvalue weighted by Crippen LogP contribution is -2.45. The Morgan fingerprint density at radius 1 is 1.35 bits per heavy atom. The van der Waals surface area contributed by atoms with E-state index < -0.39 is 5.60 Å². The molecule has 2 rings (SSSR count). The minimum atomic E-state index is -0.614. The third-order valence-corrected chi connectivity index (χ3v) is 4.09. The zero-order chi connectivity index (χ0) is 14.6. The molecular weight excluding hydrogens is 252 g/mol. The first-order valence-electron chi connectivity index (χ1n) is 7.29. The van der Waals surface area contributed by atoms with Gasteiger partial charge in [-0.3, -0.25) is 4.79 Å². The first-order chi connectivity index (χ1) is 9.48. The lowest BCUT2D eigenvalue weighted by Gasteiger charge is -2.36. The van der Waals surface area contributed by atoms with Gasteiger partial charge in [-0.05, 0) is 31.7 Å². The second kappa shape index (κ2) is 6.37. The van der Waals surface area contributed by atoms with Crippen LogP contribution in [0.1, 0.15) is 44.2 Å². The molecule has 0 saturated carbocycles. The SMILES string of the molecule is CC1(O)CCN(C(=O)CCC(N)c2ccccc2)CC1. The van der Waals surface area contributed by atoms with Gasteiger partial charge >= 0.3 is 0 Å². The molecule has 0 radical (unpaired) electrons. The van der Waals surface area contributed by atoms with Crippen LogP contribution in [0.15, 0.2) is 30.3 Å². The molecule has 0 aromatic heterocycles. The highest BCUT2D eigenvalue weighted by Gasteiger charge is 2.29. The lowest BCUT2D eigenvalue weighted by molar-refractivity contribution is -0.135. The monoisotopic (exact) mass is 276 g/mol. The average Bonchev–Trinajstić information content (AvgIpc) is 2.45. The van der Waals surface area contributed by atoms with Gasteiger partial charge in [-0.15, -0.1) is 0 Å². The summed E-state index contributed by atoms with van der Waals surface area (Å²) in [4.78, 5) is 14.0. The molecule has 1 atom stereocenters. The summed E-state index contributed by atoms with van der Waals surface area (Å²) in [7, 11) is 0. The Balaban J connectivity index is 1.78. The van der Waals surface area contributed by atoms with Crippen LogP contribution in [0.3, 0.4) is 0 Å². The molecule has 1 fully saturated rings. The fourth-order valence-electron chi connectivity index (χ4n) is 2.54. The Morgan fingerprint density at radius 3 is 2.55 bits per heavy atom. The molecule has 1 aliphatic heterocycles. The molecule has 0 spiro atoms. The average molecular weight is 276 g/mol. The fourth-order valence-corrected chi connectivity index (χ4v) is 2.54. The summed E-state index contributed by atoms with van der Waals surface area (Å²) in [5, 5.41) is 9.88. The molecule has 0 aliphatic carbocycles. The molecule has 1 unspecified atom stereocenters. The van der Waals surface area contributed by atoms with Crippen LogP contribution in [-0.4, -0.2) is 34.6 Å². The van der Waals surface area contributed by atoms with E-state index in [2.05, 4.69) is 0 Å². The van der Waals surface area contributed by atoms with E-state index in [1.807, 2.05) is 42.2 Å². The van der Waals surface area contributed by atoms with E-state index in [4.69, 9.17) is 5.73 Å². The van der Waals surface area contributed by atoms with Crippen LogP contribution in [0.4, 0.5) is 0 Å². The van der Waals surface area contributed by atoms with Gasteiger partial charge in [-0.25, -0.2) is 0 Å². The molecule has 1 heterocycles. The van der Waals surface area contributed by atoms with E-state index in [0.29, 0.717) is 38.8 Å². The Bertz CT molecular complexity index is 435. The molecule has 4 heteroatoms. The zero-order valence-corrected chi connectivity index (χ0v) is 12.1. The van der Waals surface area contributed by atoms with Gasteiger partial charge in [-0.1, -0.05) is 30.3 Å². The van der Waals surface area contributed by atoms with Gasteiger partial charge in [0.2, 0.25) is 5.91 Å². The topological polar surface area (TPSA) is 66.6 Å². The highest BCUT2D eigenvalue weighted by molar-refractivity contribution is 5.76. The maximum atomic E-state index is 12.1.